The number of aromatic nitrogens is 3. The van der Waals surface area contributed by atoms with E-state index in [0.717, 1.165) is 32.7 Å². The van der Waals surface area contributed by atoms with Crippen molar-refractivity contribution < 1.29 is 47.7 Å². The van der Waals surface area contributed by atoms with Crippen molar-refractivity contribution in [1.29, 1.82) is 10.5 Å². The molecule has 340 valence electrons. The maximum Gasteiger partial charge on any atom is 0.472 e. The number of methoxy groups -OCH3 is 1. The van der Waals surface area contributed by atoms with E-state index < -0.39 is 44.9 Å². The van der Waals surface area contributed by atoms with Crippen molar-refractivity contribution in [2.24, 2.45) is 0 Å². The van der Waals surface area contributed by atoms with Crippen LogP contribution in [0.25, 0.3) is 5.52 Å². The molecule has 5 N–H and O–H groups in total. The zero-order valence-electron chi connectivity index (χ0n) is 36.6. The Hall–Kier alpha value is -3.67. The summed E-state index contributed by atoms with van der Waals surface area (Å²) in [6, 6.07) is 11.9. The molecule has 0 spiro atoms. The second kappa shape index (κ2) is 28.1. The zero-order chi connectivity index (χ0) is 44.5. The van der Waals surface area contributed by atoms with Gasteiger partial charge in [0.25, 0.3) is 0 Å². The van der Waals surface area contributed by atoms with Crippen LogP contribution in [0.5, 0.6) is 5.75 Å². The molecule has 0 saturated carbocycles. The number of nitrogens with two attached hydrogens (primary N) is 1. The number of nitrogens with zero attached hydrogens (tertiary/aromatic N) is 5. The molecule has 2 aromatic heterocycles. The average molecular weight is 873 g/mol. The van der Waals surface area contributed by atoms with E-state index in [9.17, 15) is 30.2 Å². The number of phosphoric acid groups is 1. The lowest BCUT2D eigenvalue weighted by Gasteiger charge is -2.33. The molecule has 17 heteroatoms. The smallest absolute Gasteiger partial charge is 0.472 e. The van der Waals surface area contributed by atoms with Gasteiger partial charge in [0.05, 0.1) is 37.2 Å². The minimum Gasteiger partial charge on any atom is -0.490 e. The molecule has 61 heavy (non-hydrogen) atoms. The van der Waals surface area contributed by atoms with E-state index in [-0.39, 0.29) is 30.8 Å². The van der Waals surface area contributed by atoms with Crippen LogP contribution in [0.15, 0.2) is 36.7 Å². The highest BCUT2D eigenvalue weighted by Gasteiger charge is 2.46. The van der Waals surface area contributed by atoms with Crippen LogP contribution in [-0.2, 0) is 34.4 Å². The molecule has 0 bridgehead atoms. The lowest BCUT2D eigenvalue weighted by atomic mass is 9.93. The quantitative estimate of drug-likeness (QED) is 0.0326. The lowest BCUT2D eigenvalue weighted by molar-refractivity contribution is -0.134. The molecule has 3 rings (SSSR count). The number of unbranched alkanes of at least 4 members (excludes halogenated alkanes) is 15. The molecule has 0 radical (unpaired) electrons. The van der Waals surface area contributed by atoms with Crippen LogP contribution < -0.4 is 10.5 Å². The fraction of sp³-hybridized carbons (Fsp3) is 0.682. The van der Waals surface area contributed by atoms with Gasteiger partial charge in [-0.15, -0.1) is 0 Å². The van der Waals surface area contributed by atoms with Crippen LogP contribution in [0.3, 0.4) is 0 Å². The van der Waals surface area contributed by atoms with E-state index in [1.54, 1.807) is 24.3 Å². The number of benzene rings is 1. The normalized spacial score (nSPS) is 15.2. The first-order valence-electron chi connectivity index (χ1n) is 21.8. The highest BCUT2D eigenvalue weighted by atomic mass is 31.2. The van der Waals surface area contributed by atoms with Gasteiger partial charge in [0, 0.05) is 13.7 Å². The van der Waals surface area contributed by atoms with Crippen LogP contribution >= 0.6 is 7.82 Å². The second-order valence-electron chi connectivity index (χ2n) is 15.8. The Morgan fingerprint density at radius 3 is 2.08 bits per heavy atom. The minimum absolute atomic E-state index is 0.0365. The zero-order valence-corrected chi connectivity index (χ0v) is 37.5. The first-order valence-corrected chi connectivity index (χ1v) is 23.3. The molecule has 2 heterocycles. The van der Waals surface area contributed by atoms with Crippen molar-refractivity contribution in [1.82, 2.24) is 14.6 Å². The summed E-state index contributed by atoms with van der Waals surface area (Å²) in [6.45, 7) is 5.11. The average Bonchev–Trinajstić information content (AvgIpc) is 3.69. The van der Waals surface area contributed by atoms with Gasteiger partial charge in [-0.1, -0.05) is 109 Å². The van der Waals surface area contributed by atoms with Gasteiger partial charge < -0.3 is 39.8 Å². The number of phosphoric ester groups is 1. The van der Waals surface area contributed by atoms with Gasteiger partial charge in [-0.25, -0.2) is 14.1 Å². The monoisotopic (exact) mass is 872 g/mol. The van der Waals surface area contributed by atoms with Crippen molar-refractivity contribution in [2.75, 3.05) is 39.3 Å². The number of hydrogen-bond acceptors (Lipinski definition) is 14. The van der Waals surface area contributed by atoms with Gasteiger partial charge in [0.2, 0.25) is 5.60 Å². The van der Waals surface area contributed by atoms with E-state index in [0.29, 0.717) is 29.0 Å². The van der Waals surface area contributed by atoms with Gasteiger partial charge in [-0.2, -0.15) is 15.6 Å². The van der Waals surface area contributed by atoms with Crippen LogP contribution in [0.2, 0.25) is 0 Å². The summed E-state index contributed by atoms with van der Waals surface area (Å²) in [7, 11) is -3.82. The van der Waals surface area contributed by atoms with Gasteiger partial charge in [0.15, 0.2) is 5.82 Å². The summed E-state index contributed by atoms with van der Waals surface area (Å²) in [5.41, 5.74) is 5.04. The van der Waals surface area contributed by atoms with Gasteiger partial charge in [-0.3, -0.25) is 9.05 Å². The Balaban J connectivity index is 1.51. The van der Waals surface area contributed by atoms with Crippen LogP contribution in [-0.4, -0.2) is 87.2 Å². The first kappa shape index (κ1) is 51.7. The molecule has 16 nitrogen and oxygen atoms in total. The second-order valence-corrected chi connectivity index (χ2v) is 17.2. The summed E-state index contributed by atoms with van der Waals surface area (Å²) >= 11 is 0. The maximum atomic E-state index is 13.2. The standard InChI is InChI=1S/C44H69N6O10P/c1-5-6-7-8-9-10-11-12-13-14-15-16-17-18-19-20-25-56-29-37(57-28-35-21-22-36(27-45)40(26-35)60-34(2)3)30-58-61(53,54)59-32-44(31-46,55-4)42(52)41(51)38-23-24-39-43(47)48-33-49-50(38)39/h21-24,26,33-34,37,41-42,51-52H,5-20,25,28-30,32H2,1-4H3,(H,53,54)(H2,47,48,49)/t37-,41+,42+,44-/m1/s1. The van der Waals surface area contributed by atoms with Gasteiger partial charge >= 0.3 is 7.82 Å². The van der Waals surface area contributed by atoms with E-state index in [1.807, 2.05) is 13.8 Å². The highest BCUT2D eigenvalue weighted by molar-refractivity contribution is 7.47. The largest absolute Gasteiger partial charge is 0.490 e. The van der Waals surface area contributed by atoms with Crippen molar-refractivity contribution in [3.8, 4) is 17.9 Å². The number of anilines is 1. The van der Waals surface area contributed by atoms with E-state index in [1.165, 1.54) is 100 Å². The Bertz CT molecular complexity index is 1830. The van der Waals surface area contributed by atoms with Crippen LogP contribution in [0.1, 0.15) is 146 Å². The molecule has 5 atom stereocenters. The van der Waals surface area contributed by atoms with E-state index in [4.69, 9.17) is 33.7 Å². The van der Waals surface area contributed by atoms with Crippen LogP contribution in [0.4, 0.5) is 5.82 Å². The summed E-state index contributed by atoms with van der Waals surface area (Å²) in [6.07, 6.45) is 16.6. The molecule has 0 aliphatic rings. The van der Waals surface area contributed by atoms with Gasteiger partial charge in [0.1, 0.15) is 54.7 Å². The number of fused-ring (bicyclic) bond motifs is 1. The fourth-order valence-electron chi connectivity index (χ4n) is 6.84. The lowest BCUT2D eigenvalue weighted by Crippen LogP contribution is -2.50. The Labute approximate surface area is 361 Å². The summed E-state index contributed by atoms with van der Waals surface area (Å²) < 4.78 is 48.0. The SMILES string of the molecule is CCCCCCCCCCCCCCCCCCOC[C@H](COP(=O)(O)OC[C@@](C#N)(OC)[C@@H](O)[C@@H](O)c1ccc2c(N)ncnn12)OCc1ccc(C#N)c(OC(C)C)c1. The van der Waals surface area contributed by atoms with Crippen molar-refractivity contribution in [3.05, 3.63) is 53.5 Å². The maximum absolute atomic E-state index is 13.2. The fourth-order valence-corrected chi connectivity index (χ4v) is 7.62. The van der Waals surface area contributed by atoms with Crippen molar-refractivity contribution in [3.63, 3.8) is 0 Å². The molecule has 0 aliphatic heterocycles. The molecular formula is C44H69N6O10P. The third kappa shape index (κ3) is 17.9. The molecule has 0 saturated heterocycles. The number of rotatable bonds is 34. The minimum atomic E-state index is -4.91. The molecule has 3 aromatic rings. The van der Waals surface area contributed by atoms with Crippen LogP contribution in [0, 0.1) is 22.7 Å². The third-order valence-corrected chi connectivity index (χ3v) is 11.4. The number of hydrogen-bond donors (Lipinski definition) is 4. The predicted molar refractivity (Wildman–Crippen MR) is 231 cm³/mol. The third-order valence-electron chi connectivity index (χ3n) is 10.5. The van der Waals surface area contributed by atoms with Crippen molar-refractivity contribution >= 4 is 19.2 Å². The van der Waals surface area contributed by atoms with Crippen molar-refractivity contribution in [2.45, 2.75) is 160 Å². The molecule has 0 fully saturated rings. The molecule has 0 amide bonds. The molecule has 1 unspecified atom stereocenters. The Morgan fingerprint density at radius 1 is 0.885 bits per heavy atom. The summed E-state index contributed by atoms with van der Waals surface area (Å²) in [5, 5.41) is 45.9. The molecule has 0 aliphatic carbocycles. The summed E-state index contributed by atoms with van der Waals surface area (Å²) in [5.74, 6) is 0.533. The number of aliphatic hydroxyl groups excluding tert-OH is 2. The predicted octanol–water partition coefficient (Wildman–Crippen LogP) is 8.27. The Kier molecular flexibility index (Phi) is 23.8. The molecular weight excluding hydrogens is 803 g/mol. The first-order chi connectivity index (χ1) is 29.4. The topological polar surface area (TPSA) is 237 Å². The number of aliphatic hydroxyl groups is 2. The summed E-state index contributed by atoms with van der Waals surface area (Å²) in [4.78, 5) is 14.6. The number of ether oxygens (including phenoxy) is 4. The number of nitrogen functional groups attached to an aromatic ring is 1. The number of nitriles is 2. The Morgan fingerprint density at radius 2 is 1.51 bits per heavy atom. The molecule has 1 aromatic carbocycles. The highest BCUT2D eigenvalue weighted by Crippen LogP contribution is 2.45. The van der Waals surface area contributed by atoms with E-state index in [2.05, 4.69) is 23.1 Å². The van der Waals surface area contributed by atoms with Gasteiger partial charge in [-0.05, 0) is 50.1 Å². The van der Waals surface area contributed by atoms with E-state index >= 15 is 0 Å².